The van der Waals surface area contributed by atoms with Gasteiger partial charge in [-0.25, -0.2) is 11.2 Å². The van der Waals surface area contributed by atoms with Crippen molar-refractivity contribution in [2.45, 2.75) is 310 Å². The lowest BCUT2D eigenvalue weighted by Crippen LogP contribution is -2.62. The topological polar surface area (TPSA) is 470 Å². The second kappa shape index (κ2) is 63.1. The fourth-order valence-corrected chi connectivity index (χ4v) is 17.9. The van der Waals surface area contributed by atoms with Gasteiger partial charge in [0.25, 0.3) is 5.91 Å². The van der Waals surface area contributed by atoms with E-state index in [9.17, 15) is 67.1 Å². The van der Waals surface area contributed by atoms with Crippen molar-refractivity contribution in [1.82, 2.24) is 35.8 Å². The van der Waals surface area contributed by atoms with E-state index in [-0.39, 0.29) is 146 Å². The zero-order valence-electron chi connectivity index (χ0n) is 82.7. The summed E-state index contributed by atoms with van der Waals surface area (Å²) >= 11 is 5.15. The molecule has 0 aliphatic carbocycles. The minimum Gasteiger partial charge on any atom is -0.497 e. The lowest BCUT2D eigenvalue weighted by atomic mass is 9.80. The molecule has 776 valence electrons. The Hall–Kier alpha value is -9.90. The van der Waals surface area contributed by atoms with Crippen molar-refractivity contribution in [3.05, 3.63) is 95.6 Å². The first-order valence-corrected chi connectivity index (χ1v) is 51.2. The number of carbonyl (C=O) groups is 15. The molecule has 3 fully saturated rings. The van der Waals surface area contributed by atoms with Crippen LogP contribution in [0.25, 0.3) is 0 Å². The Labute approximate surface area is 823 Å². The Kier molecular flexibility index (Phi) is 53.5. The average molecular weight is 2010 g/mol. The van der Waals surface area contributed by atoms with E-state index in [1.165, 1.54) is 81.4 Å². The fraction of sp³-hybridized carbons (Fsp3) is 0.663. The molecule has 3 heterocycles. The van der Waals surface area contributed by atoms with E-state index < -0.39 is 179 Å². The number of Topliss-reactive ketones (excluding diaryl/α,β-unsaturated/α-hetero) is 1. The Bertz CT molecular complexity index is 4440. The van der Waals surface area contributed by atoms with E-state index in [0.717, 1.165) is 0 Å². The molecular weight excluding hydrogens is 1870 g/mol. The molecule has 0 radical (unpaired) electrons. The van der Waals surface area contributed by atoms with Crippen molar-refractivity contribution in [3.63, 3.8) is 0 Å². The van der Waals surface area contributed by atoms with E-state index in [1.807, 2.05) is 54.6 Å². The lowest BCUT2D eigenvalue weighted by molar-refractivity contribution is -0.262. The third kappa shape index (κ3) is 42.0. The first kappa shape index (κ1) is 118. The summed E-state index contributed by atoms with van der Waals surface area (Å²) in [4.78, 5) is 198. The summed E-state index contributed by atoms with van der Waals surface area (Å²) in [5, 5.41) is 11.6. The highest BCUT2D eigenvalue weighted by Gasteiger charge is 2.51. The normalized spacial score (nSPS) is 21.3. The Morgan fingerprint density at radius 3 is 1.19 bits per heavy atom. The smallest absolute Gasteiger partial charge is 0.307 e. The standard InChI is InChI=1S/C98H145N7O31PS2/c1-62-88(100-65(4)106)95(134-80(58-126-68(7)109)91(62)130-71(10)112)123-55-29-18-15-24-36-77(115)37-27-28-51-104(86(118)39-26-17-20-31-57-125-97-90(102-67(6)108)64(3)93(132-73(12)114)82(136-97)60-128-70(9)111)53-33-54-105(52-32-50-99-84(116)38-25-16-19-30-56-124-96-89(101-66(5)107)63(2)92(131-72(11)113)81(135-96)59-127-69(8)110)94(120)83(133-87(119)49-48-85(117)103-139(137)138)61-129-98(74-34-22-21-23-35-74,75-40-44-78(121-13)45-41-75)76-42-46-79(122-14)47-43-76/h21-23,34-35,40-47,62-64,80-83,88-93,95-97,137H,15-20,24-33,36-39,48-61H2,1-14H3,(H,99,116)(H,100,106)(H,101,107)(H,102,108)(H,103,117,138)/q-1/t62-,63-,64-,80?,81?,82?,83?,88?,89?,90?,91-,92-,93-,95-,96-,97-/m1/s1. The van der Waals surface area contributed by atoms with Crippen molar-refractivity contribution < 1.29 is 148 Å². The lowest BCUT2D eigenvalue weighted by Gasteiger charge is -2.44. The molecule has 6 rings (SSSR count). The number of hydrogen-bond acceptors (Lipinski definition) is 33. The quantitative estimate of drug-likeness (QED) is 0.00877. The summed E-state index contributed by atoms with van der Waals surface area (Å²) in [6.07, 6.45) is -1.77. The molecule has 7 amide bonds. The van der Waals surface area contributed by atoms with Crippen LogP contribution in [0.4, 0.5) is 0 Å². The van der Waals surface area contributed by atoms with Crippen molar-refractivity contribution >= 4 is 117 Å². The van der Waals surface area contributed by atoms with Crippen molar-refractivity contribution in [3.8, 4) is 11.5 Å². The SMILES string of the molecule is COc1ccc(C(OCC(OC(=O)CCC(=O)N[S-](=P)=S)C(=O)N(CCCNC(=O)CCCCCCO[C@@H]2OC(COC(C)=O)[C@H](OC(C)=O)[C@H](C)C2NC(C)=O)CCCN(CCCCC(=O)CCCCCCO[C@@H]2OC(COC(C)=O)[C@H](OC(C)=O)[C@H](C)C2NC(C)=O)C(=O)CCCCCCO[C@@H]2OC(COC(C)=O)[C@H](OC(C)=O)[C@H](C)C2NC(C)=O)(c2ccccc2)c2ccc(OC)cc2)cc1. The van der Waals surface area contributed by atoms with Gasteiger partial charge in [-0.15, -0.1) is 0 Å². The van der Waals surface area contributed by atoms with Crippen molar-refractivity contribution in [2.75, 3.05) is 93.2 Å². The molecule has 139 heavy (non-hydrogen) atoms. The van der Waals surface area contributed by atoms with Gasteiger partial charge in [0.1, 0.15) is 79.3 Å². The number of esters is 7. The maximum absolute atomic E-state index is 16.0. The molecule has 0 spiro atoms. The van der Waals surface area contributed by atoms with E-state index in [1.54, 1.807) is 49.9 Å². The van der Waals surface area contributed by atoms with Crippen LogP contribution in [0.2, 0.25) is 0 Å². The number of hydrogen-bond donors (Lipinski definition) is 5. The number of nitrogens with one attached hydrogen (secondary N) is 5. The van der Waals surface area contributed by atoms with Crippen LogP contribution in [0.1, 0.15) is 241 Å². The molecule has 3 aromatic carbocycles. The highest BCUT2D eigenvalue weighted by molar-refractivity contribution is 8.38. The van der Waals surface area contributed by atoms with Crippen LogP contribution in [0, 0.1) is 17.8 Å². The van der Waals surface area contributed by atoms with Crippen LogP contribution in [0.3, 0.4) is 0 Å². The number of unbranched alkanes of at least 4 members (excludes halogenated alkanes) is 10. The van der Waals surface area contributed by atoms with Gasteiger partial charge in [-0.3, -0.25) is 88.8 Å². The number of ether oxygens (including phenoxy) is 16. The Morgan fingerprint density at radius 2 is 0.799 bits per heavy atom. The van der Waals surface area contributed by atoms with Crippen molar-refractivity contribution in [1.29, 1.82) is 0 Å². The van der Waals surface area contributed by atoms with Gasteiger partial charge in [-0.05, 0) is 105 Å². The summed E-state index contributed by atoms with van der Waals surface area (Å²) in [6.45, 7) is 16.5. The molecule has 0 bridgehead atoms. The molecule has 3 aliphatic heterocycles. The monoisotopic (exact) mass is 2010 g/mol. The van der Waals surface area contributed by atoms with Gasteiger partial charge in [-0.1, -0.05) is 114 Å². The summed E-state index contributed by atoms with van der Waals surface area (Å²) in [7, 11) is 5.16. The molecule has 38 nitrogen and oxygen atoms in total. The van der Waals surface area contributed by atoms with Gasteiger partial charge < -0.3 is 112 Å². The van der Waals surface area contributed by atoms with Gasteiger partial charge >= 0.3 is 41.8 Å². The summed E-state index contributed by atoms with van der Waals surface area (Å²) < 4.78 is 97.0. The maximum atomic E-state index is 16.0. The second-order valence-corrected chi connectivity index (χ2v) is 38.8. The Balaban J connectivity index is 1.23. The van der Waals surface area contributed by atoms with Gasteiger partial charge in [0, 0.05) is 165 Å². The minimum atomic E-state index is -1.70. The van der Waals surface area contributed by atoms with Crippen LogP contribution < -0.4 is 35.5 Å². The molecule has 5 N–H and O–H groups in total. The van der Waals surface area contributed by atoms with Gasteiger partial charge in [-0.2, -0.15) is 0 Å². The number of methoxy groups -OCH3 is 2. The van der Waals surface area contributed by atoms with Crippen LogP contribution in [0.5, 0.6) is 11.5 Å². The molecule has 3 aliphatic rings. The third-order valence-electron chi connectivity index (χ3n) is 23.8. The van der Waals surface area contributed by atoms with Gasteiger partial charge in [0.15, 0.2) is 18.9 Å². The van der Waals surface area contributed by atoms with Crippen LogP contribution in [0.15, 0.2) is 78.9 Å². The van der Waals surface area contributed by atoms with E-state index in [0.29, 0.717) is 125 Å². The van der Waals surface area contributed by atoms with Crippen LogP contribution >= 0.6 is 8.02 Å². The summed E-state index contributed by atoms with van der Waals surface area (Å²) in [6, 6.07) is 21.4. The molecule has 3 aromatic rings. The fourth-order valence-electron chi connectivity index (χ4n) is 16.9. The highest BCUT2D eigenvalue weighted by Crippen LogP contribution is 2.43. The first-order valence-electron chi connectivity index (χ1n) is 47.8. The van der Waals surface area contributed by atoms with Gasteiger partial charge in [0.2, 0.25) is 41.5 Å². The van der Waals surface area contributed by atoms with Gasteiger partial charge in [0.05, 0.1) is 45.4 Å². The first-order chi connectivity index (χ1) is 66.3. The third-order valence-corrected chi connectivity index (χ3v) is 24.8. The molecular formula is C98H145N7O31PS2-. The van der Waals surface area contributed by atoms with E-state index in [4.69, 9.17) is 87.0 Å². The predicted molar refractivity (Wildman–Crippen MR) is 513 cm³/mol. The van der Waals surface area contributed by atoms with Crippen LogP contribution in [-0.4, -0.2) is 272 Å². The number of amides is 7. The predicted octanol–water partition coefficient (Wildman–Crippen LogP) is 9.15. The van der Waals surface area contributed by atoms with E-state index >= 15 is 4.79 Å². The molecule has 41 heteroatoms. The largest absolute Gasteiger partial charge is 0.497 e. The number of nitrogens with zero attached hydrogens (tertiary/aromatic N) is 2. The maximum Gasteiger partial charge on any atom is 0.307 e. The number of rotatable bonds is 63. The molecule has 16 atom stereocenters. The summed E-state index contributed by atoms with van der Waals surface area (Å²) in [5.41, 5.74) is 0.271. The molecule has 0 saturated carbocycles. The molecule has 7 unspecified atom stereocenters. The van der Waals surface area contributed by atoms with Crippen LogP contribution in [-0.2, 0) is 164 Å². The highest BCUT2D eigenvalue weighted by atomic mass is 32.9. The zero-order valence-corrected chi connectivity index (χ0v) is 85.3. The minimum absolute atomic E-state index is 0.0168. The molecule has 0 aromatic heterocycles. The van der Waals surface area contributed by atoms with E-state index in [2.05, 4.69) is 34.0 Å². The number of carbonyl (C=O) groups excluding carboxylic acids is 15. The zero-order chi connectivity index (χ0) is 102. The molecule has 3 saturated heterocycles. The number of ketones is 1. The summed E-state index contributed by atoms with van der Waals surface area (Å²) in [5.74, 6) is -7.60. The average Bonchev–Trinajstić information content (AvgIpc) is 0.750. The number of benzene rings is 3. The second-order valence-electron chi connectivity index (χ2n) is 35.0. The Morgan fingerprint density at radius 1 is 0.424 bits per heavy atom. The van der Waals surface area contributed by atoms with Crippen molar-refractivity contribution in [2.24, 2.45) is 17.8 Å².